The van der Waals surface area contributed by atoms with Gasteiger partial charge in [0.2, 0.25) is 5.91 Å². The van der Waals surface area contributed by atoms with Gasteiger partial charge in [0, 0.05) is 19.6 Å². The van der Waals surface area contributed by atoms with Crippen LogP contribution >= 0.6 is 0 Å². The standard InChI is InChI=1S/C21H33N3O4/c1-15-7-8-18(27-15)17(23-10-5-6-11-23)13-22-19(25)16-9-12-24(14-16)20(26)28-21(2,3)4/h7-8,16-17H,5-6,9-14H2,1-4H3,(H,22,25). The zero-order valence-electron chi connectivity index (χ0n) is 17.5. The molecule has 3 rings (SSSR count). The molecule has 2 unspecified atom stereocenters. The maximum absolute atomic E-state index is 12.7. The van der Waals surface area contributed by atoms with Gasteiger partial charge in [-0.3, -0.25) is 9.69 Å². The topological polar surface area (TPSA) is 75.0 Å². The van der Waals surface area contributed by atoms with Crippen LogP contribution in [0.5, 0.6) is 0 Å². The molecule has 156 valence electrons. The number of carbonyl (C=O) groups is 2. The van der Waals surface area contributed by atoms with Crippen molar-refractivity contribution in [2.45, 2.75) is 58.6 Å². The van der Waals surface area contributed by atoms with Crippen molar-refractivity contribution in [2.75, 3.05) is 32.7 Å². The third-order valence-corrected chi connectivity index (χ3v) is 5.35. The van der Waals surface area contributed by atoms with Gasteiger partial charge in [-0.05, 0) is 72.2 Å². The van der Waals surface area contributed by atoms with Crippen LogP contribution in [0.3, 0.4) is 0 Å². The number of aryl methyl sites for hydroxylation is 1. The fourth-order valence-electron chi connectivity index (χ4n) is 3.90. The van der Waals surface area contributed by atoms with E-state index in [1.807, 2.05) is 39.8 Å². The van der Waals surface area contributed by atoms with Gasteiger partial charge in [0.15, 0.2) is 0 Å². The molecule has 2 saturated heterocycles. The third-order valence-electron chi connectivity index (χ3n) is 5.35. The van der Waals surface area contributed by atoms with Crippen molar-refractivity contribution in [2.24, 2.45) is 5.92 Å². The summed E-state index contributed by atoms with van der Waals surface area (Å²) in [5.41, 5.74) is -0.526. The largest absolute Gasteiger partial charge is 0.465 e. The number of likely N-dealkylation sites (tertiary alicyclic amines) is 2. The lowest BCUT2D eigenvalue weighted by Crippen LogP contribution is -2.40. The maximum Gasteiger partial charge on any atom is 0.410 e. The Morgan fingerprint density at radius 3 is 2.57 bits per heavy atom. The van der Waals surface area contributed by atoms with Crippen molar-refractivity contribution >= 4 is 12.0 Å². The van der Waals surface area contributed by atoms with Crippen molar-refractivity contribution in [3.05, 3.63) is 23.7 Å². The Morgan fingerprint density at radius 1 is 1.25 bits per heavy atom. The van der Waals surface area contributed by atoms with E-state index < -0.39 is 5.60 Å². The number of carbonyl (C=O) groups excluding carboxylic acids is 2. The van der Waals surface area contributed by atoms with Gasteiger partial charge in [0.05, 0.1) is 12.0 Å². The molecule has 2 amide bonds. The van der Waals surface area contributed by atoms with Gasteiger partial charge in [-0.25, -0.2) is 4.79 Å². The summed E-state index contributed by atoms with van der Waals surface area (Å²) >= 11 is 0. The quantitative estimate of drug-likeness (QED) is 0.835. The molecule has 0 aliphatic carbocycles. The van der Waals surface area contributed by atoms with Crippen LogP contribution in [0.4, 0.5) is 4.79 Å². The Hall–Kier alpha value is -2.02. The second-order valence-electron chi connectivity index (χ2n) is 8.86. The van der Waals surface area contributed by atoms with E-state index in [-0.39, 0.29) is 24.0 Å². The lowest BCUT2D eigenvalue weighted by Gasteiger charge is -2.26. The minimum atomic E-state index is -0.526. The molecule has 2 aliphatic heterocycles. The monoisotopic (exact) mass is 391 g/mol. The second-order valence-corrected chi connectivity index (χ2v) is 8.86. The van der Waals surface area contributed by atoms with Crippen molar-refractivity contribution in [3.63, 3.8) is 0 Å². The molecule has 3 heterocycles. The highest BCUT2D eigenvalue weighted by atomic mass is 16.6. The first kappa shape index (κ1) is 20.7. The Balaban J connectivity index is 1.54. The van der Waals surface area contributed by atoms with Crippen LogP contribution in [-0.2, 0) is 9.53 Å². The molecule has 7 heteroatoms. The van der Waals surface area contributed by atoms with Gasteiger partial charge >= 0.3 is 6.09 Å². The summed E-state index contributed by atoms with van der Waals surface area (Å²) in [5.74, 6) is 1.60. The summed E-state index contributed by atoms with van der Waals surface area (Å²) in [7, 11) is 0. The zero-order valence-corrected chi connectivity index (χ0v) is 17.5. The second kappa shape index (κ2) is 8.55. The summed E-state index contributed by atoms with van der Waals surface area (Å²) in [5, 5.41) is 3.10. The van der Waals surface area contributed by atoms with Gasteiger partial charge in [0.25, 0.3) is 0 Å². The number of amides is 2. The van der Waals surface area contributed by atoms with Crippen LogP contribution in [-0.4, -0.2) is 60.1 Å². The predicted octanol–water partition coefficient (Wildman–Crippen LogP) is 3.10. The summed E-state index contributed by atoms with van der Waals surface area (Å²) in [6, 6.07) is 4.03. The number of nitrogens with zero attached hydrogens (tertiary/aromatic N) is 2. The van der Waals surface area contributed by atoms with E-state index in [1.54, 1.807) is 4.90 Å². The van der Waals surface area contributed by atoms with Crippen LogP contribution in [0.2, 0.25) is 0 Å². The number of rotatable bonds is 5. The third kappa shape index (κ3) is 5.28. The average Bonchev–Trinajstić information content (AvgIpc) is 3.35. The van der Waals surface area contributed by atoms with Crippen molar-refractivity contribution < 1.29 is 18.7 Å². The van der Waals surface area contributed by atoms with E-state index in [0.29, 0.717) is 26.1 Å². The molecular formula is C21H33N3O4. The molecule has 2 fully saturated rings. The Morgan fingerprint density at radius 2 is 1.96 bits per heavy atom. The normalized spacial score (nSPS) is 21.7. The Bertz CT molecular complexity index is 688. The summed E-state index contributed by atoms with van der Waals surface area (Å²) < 4.78 is 11.3. The number of ether oxygens (including phenoxy) is 1. The first-order valence-electron chi connectivity index (χ1n) is 10.3. The molecule has 0 saturated carbocycles. The van der Waals surface area contributed by atoms with Crippen LogP contribution in [0.25, 0.3) is 0 Å². The molecule has 1 aromatic heterocycles. The summed E-state index contributed by atoms with van der Waals surface area (Å²) in [6.45, 7) is 11.0. The van der Waals surface area contributed by atoms with E-state index in [4.69, 9.17) is 9.15 Å². The van der Waals surface area contributed by atoms with Gasteiger partial charge in [-0.2, -0.15) is 0 Å². The van der Waals surface area contributed by atoms with Crippen LogP contribution in [0, 0.1) is 12.8 Å². The van der Waals surface area contributed by atoms with Crippen LogP contribution in [0.1, 0.15) is 57.6 Å². The van der Waals surface area contributed by atoms with E-state index in [9.17, 15) is 9.59 Å². The molecule has 1 N–H and O–H groups in total. The highest BCUT2D eigenvalue weighted by Gasteiger charge is 2.34. The van der Waals surface area contributed by atoms with Gasteiger partial charge < -0.3 is 19.4 Å². The molecule has 2 atom stereocenters. The van der Waals surface area contributed by atoms with Crippen molar-refractivity contribution in [1.29, 1.82) is 0 Å². The molecular weight excluding hydrogens is 358 g/mol. The molecule has 1 aromatic rings. The van der Waals surface area contributed by atoms with E-state index in [2.05, 4.69) is 10.2 Å². The minimum Gasteiger partial charge on any atom is -0.465 e. The number of nitrogens with one attached hydrogen (secondary N) is 1. The van der Waals surface area contributed by atoms with Gasteiger partial charge in [-0.15, -0.1) is 0 Å². The smallest absolute Gasteiger partial charge is 0.410 e. The fourth-order valence-corrected chi connectivity index (χ4v) is 3.90. The van der Waals surface area contributed by atoms with Crippen LogP contribution < -0.4 is 5.32 Å². The maximum atomic E-state index is 12.7. The molecule has 0 aromatic carbocycles. The summed E-state index contributed by atoms with van der Waals surface area (Å²) in [4.78, 5) is 28.9. The molecule has 0 bridgehead atoms. The molecule has 0 spiro atoms. The van der Waals surface area contributed by atoms with Gasteiger partial charge in [-0.1, -0.05) is 0 Å². The first-order valence-corrected chi connectivity index (χ1v) is 10.3. The molecule has 2 aliphatic rings. The lowest BCUT2D eigenvalue weighted by atomic mass is 10.1. The number of hydrogen-bond acceptors (Lipinski definition) is 5. The van der Waals surface area contributed by atoms with E-state index in [0.717, 1.165) is 24.6 Å². The molecule has 0 radical (unpaired) electrons. The van der Waals surface area contributed by atoms with Crippen LogP contribution in [0.15, 0.2) is 16.5 Å². The minimum absolute atomic E-state index is 0.00136. The molecule has 7 nitrogen and oxygen atoms in total. The fraction of sp³-hybridized carbons (Fsp3) is 0.714. The lowest BCUT2D eigenvalue weighted by molar-refractivity contribution is -0.124. The first-order chi connectivity index (χ1) is 13.2. The van der Waals surface area contributed by atoms with Crippen molar-refractivity contribution in [1.82, 2.24) is 15.1 Å². The van der Waals surface area contributed by atoms with Crippen molar-refractivity contribution in [3.8, 4) is 0 Å². The predicted molar refractivity (Wildman–Crippen MR) is 106 cm³/mol. The number of hydrogen-bond donors (Lipinski definition) is 1. The highest BCUT2D eigenvalue weighted by Crippen LogP contribution is 2.26. The highest BCUT2D eigenvalue weighted by molar-refractivity contribution is 5.80. The zero-order chi connectivity index (χ0) is 20.3. The van der Waals surface area contributed by atoms with E-state index in [1.165, 1.54) is 12.8 Å². The van der Waals surface area contributed by atoms with E-state index >= 15 is 0 Å². The summed E-state index contributed by atoms with van der Waals surface area (Å²) in [6.07, 6.45) is 2.68. The average molecular weight is 392 g/mol. The Labute approximate surface area is 167 Å². The molecule has 28 heavy (non-hydrogen) atoms. The number of furan rings is 1. The van der Waals surface area contributed by atoms with Gasteiger partial charge in [0.1, 0.15) is 17.1 Å². The Kier molecular flexibility index (Phi) is 6.33. The SMILES string of the molecule is Cc1ccc(C(CNC(=O)C2CCN(C(=O)OC(C)(C)C)C2)N2CCCC2)o1.